The smallest absolute Gasteiger partial charge is 0.251 e. The van der Waals surface area contributed by atoms with E-state index in [4.69, 9.17) is 0 Å². The first-order valence-electron chi connectivity index (χ1n) is 12.7. The first kappa shape index (κ1) is 27.6. The predicted octanol–water partition coefficient (Wildman–Crippen LogP) is 4.69. The lowest BCUT2D eigenvalue weighted by Crippen LogP contribution is -2.50. The number of rotatable bonds is 8. The zero-order valence-corrected chi connectivity index (χ0v) is 22.7. The number of amides is 2. The molecule has 0 saturated carbocycles. The molecule has 0 bridgehead atoms. The van der Waals surface area contributed by atoms with E-state index in [1.165, 1.54) is 34.0 Å². The Morgan fingerprint density at radius 1 is 0.949 bits per heavy atom. The van der Waals surface area contributed by atoms with Crippen molar-refractivity contribution in [2.75, 3.05) is 4.90 Å². The second-order valence-corrected chi connectivity index (χ2v) is 10.6. The number of pyridine rings is 1. The summed E-state index contributed by atoms with van der Waals surface area (Å²) in [6.07, 6.45) is 3.18. The van der Waals surface area contributed by atoms with Crippen LogP contribution < -0.4 is 10.2 Å². The molecule has 202 valence electrons. The zero-order valence-electron chi connectivity index (χ0n) is 22.7. The van der Waals surface area contributed by atoms with Crippen molar-refractivity contribution in [3.63, 3.8) is 0 Å². The molecule has 0 aliphatic carbocycles. The lowest BCUT2D eigenvalue weighted by Gasteiger charge is -2.33. The Morgan fingerprint density at radius 2 is 1.59 bits per heavy atom. The quantitative estimate of drug-likeness (QED) is 0.355. The van der Waals surface area contributed by atoms with Gasteiger partial charge in [-0.25, -0.2) is 4.39 Å². The monoisotopic (exact) mass is 529 g/mol. The van der Waals surface area contributed by atoms with Gasteiger partial charge < -0.3 is 5.32 Å². The van der Waals surface area contributed by atoms with Gasteiger partial charge in [0.15, 0.2) is 0 Å². The summed E-state index contributed by atoms with van der Waals surface area (Å²) in [6.45, 7) is 9.55. The molecule has 0 radical (unpaired) electrons. The van der Waals surface area contributed by atoms with E-state index < -0.39 is 17.5 Å². The third kappa shape index (κ3) is 6.90. The maximum absolute atomic E-state index is 14.0. The number of anilines is 1. The number of hydrogen-bond acceptors (Lipinski definition) is 6. The molecule has 2 aromatic heterocycles. The third-order valence-corrected chi connectivity index (χ3v) is 5.97. The van der Waals surface area contributed by atoms with Gasteiger partial charge in [-0.3, -0.25) is 19.5 Å². The lowest BCUT2D eigenvalue weighted by molar-refractivity contribution is -0.128. The van der Waals surface area contributed by atoms with E-state index in [0.29, 0.717) is 22.7 Å². The van der Waals surface area contributed by atoms with Gasteiger partial charge in [-0.1, -0.05) is 26.0 Å². The van der Waals surface area contributed by atoms with Gasteiger partial charge >= 0.3 is 0 Å². The normalized spacial score (nSPS) is 12.3. The highest BCUT2D eigenvalue weighted by Gasteiger charge is 2.35. The van der Waals surface area contributed by atoms with Gasteiger partial charge in [0.25, 0.3) is 5.91 Å². The van der Waals surface area contributed by atoms with Crippen molar-refractivity contribution in [1.29, 1.82) is 0 Å². The average molecular weight is 530 g/mol. The van der Waals surface area contributed by atoms with Crippen LogP contribution in [0.2, 0.25) is 0 Å². The van der Waals surface area contributed by atoms with Crippen LogP contribution in [0, 0.1) is 5.82 Å². The lowest BCUT2D eigenvalue weighted by atomic mass is 10.00. The Balaban J connectivity index is 1.73. The fourth-order valence-electron chi connectivity index (χ4n) is 4.08. The summed E-state index contributed by atoms with van der Waals surface area (Å²) in [6, 6.07) is 15.7. The van der Waals surface area contributed by atoms with E-state index in [2.05, 4.69) is 39.6 Å². The van der Waals surface area contributed by atoms with Crippen LogP contribution in [0.4, 0.5) is 10.1 Å². The van der Waals surface area contributed by atoms with E-state index in [1.54, 1.807) is 24.5 Å². The van der Waals surface area contributed by atoms with Gasteiger partial charge in [-0.05, 0) is 91.6 Å². The second kappa shape index (κ2) is 11.5. The molecule has 9 nitrogen and oxygen atoms in total. The summed E-state index contributed by atoms with van der Waals surface area (Å²) in [7, 11) is 0. The molecule has 4 aromatic rings. The van der Waals surface area contributed by atoms with Crippen molar-refractivity contribution >= 4 is 17.5 Å². The number of tetrazole rings is 1. The number of nitrogens with one attached hydrogen (secondary N) is 1. The molecule has 1 atom stereocenters. The molecule has 1 unspecified atom stereocenters. The summed E-state index contributed by atoms with van der Waals surface area (Å²) in [5, 5.41) is 15.4. The minimum absolute atomic E-state index is 0.256. The SMILES string of the molecule is CC(C)c1ccc(N(C(=O)Cn2nnc(-c3ccc(F)cc3)n2)C(C(=O)NC(C)(C)C)c2ccncc2)cc1. The topological polar surface area (TPSA) is 106 Å². The van der Waals surface area contributed by atoms with Crippen LogP contribution in [-0.4, -0.2) is 42.5 Å². The fraction of sp³-hybridized carbons (Fsp3) is 0.310. The summed E-state index contributed by atoms with van der Waals surface area (Å²) in [5.41, 5.74) is 2.29. The van der Waals surface area contributed by atoms with Crippen LogP contribution in [0.15, 0.2) is 73.1 Å². The first-order chi connectivity index (χ1) is 18.5. The van der Waals surface area contributed by atoms with Crippen molar-refractivity contribution in [2.24, 2.45) is 0 Å². The largest absolute Gasteiger partial charge is 0.349 e. The fourth-order valence-corrected chi connectivity index (χ4v) is 4.08. The number of carbonyl (C=O) groups excluding carboxylic acids is 2. The molecule has 2 aromatic carbocycles. The molecule has 0 fully saturated rings. The van der Waals surface area contributed by atoms with E-state index in [9.17, 15) is 14.0 Å². The average Bonchev–Trinajstić information content (AvgIpc) is 3.35. The number of halogens is 1. The molecule has 2 heterocycles. The predicted molar refractivity (Wildman–Crippen MR) is 146 cm³/mol. The Morgan fingerprint density at radius 3 is 2.18 bits per heavy atom. The highest BCUT2D eigenvalue weighted by Crippen LogP contribution is 2.30. The molecule has 1 N–H and O–H groups in total. The summed E-state index contributed by atoms with van der Waals surface area (Å²) in [4.78, 5) is 34.4. The van der Waals surface area contributed by atoms with Crippen LogP contribution in [-0.2, 0) is 16.1 Å². The van der Waals surface area contributed by atoms with E-state index >= 15 is 0 Å². The number of benzene rings is 2. The van der Waals surface area contributed by atoms with Crippen LogP contribution in [0.3, 0.4) is 0 Å². The van der Waals surface area contributed by atoms with Gasteiger partial charge in [0.1, 0.15) is 18.4 Å². The van der Waals surface area contributed by atoms with Gasteiger partial charge in [0, 0.05) is 29.2 Å². The highest BCUT2D eigenvalue weighted by molar-refractivity contribution is 6.01. The Kier molecular flexibility index (Phi) is 8.13. The molecular weight excluding hydrogens is 497 g/mol. The summed E-state index contributed by atoms with van der Waals surface area (Å²) < 4.78 is 13.3. The number of aromatic nitrogens is 5. The van der Waals surface area contributed by atoms with Crippen LogP contribution >= 0.6 is 0 Å². The minimum Gasteiger partial charge on any atom is -0.349 e. The molecule has 0 saturated heterocycles. The molecule has 2 amide bonds. The molecule has 10 heteroatoms. The summed E-state index contributed by atoms with van der Waals surface area (Å²) >= 11 is 0. The van der Waals surface area contributed by atoms with Crippen molar-refractivity contribution in [2.45, 2.75) is 58.7 Å². The second-order valence-electron chi connectivity index (χ2n) is 10.6. The van der Waals surface area contributed by atoms with Crippen LogP contribution in [0.1, 0.15) is 57.7 Å². The molecule has 0 aliphatic rings. The van der Waals surface area contributed by atoms with E-state index in [-0.39, 0.29) is 24.1 Å². The molecule has 0 spiro atoms. The van der Waals surface area contributed by atoms with Crippen LogP contribution in [0.5, 0.6) is 0 Å². The first-order valence-corrected chi connectivity index (χ1v) is 12.7. The van der Waals surface area contributed by atoms with Gasteiger partial charge in [-0.2, -0.15) is 4.80 Å². The summed E-state index contributed by atoms with van der Waals surface area (Å²) in [5.74, 6) is -0.578. The minimum atomic E-state index is -0.982. The van der Waals surface area contributed by atoms with E-state index in [0.717, 1.165) is 5.56 Å². The Labute approximate surface area is 227 Å². The molecular formula is C29H32FN7O2. The standard InChI is InChI=1S/C29H32FN7O2/c1-19(2)20-8-12-24(13-9-20)37(26(21-14-16-31-17-15-21)28(39)32-29(3,4)5)25(38)18-36-34-27(33-35-36)22-6-10-23(30)11-7-22/h6-17,19,26H,18H2,1-5H3,(H,32,39). The zero-order chi connectivity index (χ0) is 28.2. The maximum Gasteiger partial charge on any atom is 0.251 e. The Hall–Kier alpha value is -4.47. The van der Waals surface area contributed by atoms with Gasteiger partial charge in [0.05, 0.1) is 0 Å². The van der Waals surface area contributed by atoms with Crippen molar-refractivity contribution in [1.82, 2.24) is 30.5 Å². The molecule has 39 heavy (non-hydrogen) atoms. The van der Waals surface area contributed by atoms with Crippen molar-refractivity contribution in [3.8, 4) is 11.4 Å². The van der Waals surface area contributed by atoms with E-state index in [1.807, 2.05) is 45.0 Å². The third-order valence-electron chi connectivity index (χ3n) is 5.97. The highest BCUT2D eigenvalue weighted by atomic mass is 19.1. The van der Waals surface area contributed by atoms with Crippen LogP contribution in [0.25, 0.3) is 11.4 Å². The number of nitrogens with zero attached hydrogens (tertiary/aromatic N) is 6. The van der Waals surface area contributed by atoms with Gasteiger partial charge in [0.2, 0.25) is 11.7 Å². The maximum atomic E-state index is 14.0. The number of hydrogen-bond donors (Lipinski definition) is 1. The molecule has 0 aliphatic heterocycles. The van der Waals surface area contributed by atoms with Crippen molar-refractivity contribution in [3.05, 3.63) is 90.0 Å². The molecule has 4 rings (SSSR count). The Bertz CT molecular complexity index is 1410. The number of carbonyl (C=O) groups is 2. The van der Waals surface area contributed by atoms with Gasteiger partial charge in [-0.15, -0.1) is 10.2 Å². The van der Waals surface area contributed by atoms with Crippen molar-refractivity contribution < 1.29 is 14.0 Å².